The number of benzene rings is 2. The molecule has 2 aromatic carbocycles. The van der Waals surface area contributed by atoms with Gasteiger partial charge in [0.2, 0.25) is 5.43 Å². The molecule has 3 aromatic rings. The molecular formula is C15H11NO7S. The summed E-state index contributed by atoms with van der Waals surface area (Å²) in [4.78, 5) is 12.5. The molecule has 24 heavy (non-hydrogen) atoms. The summed E-state index contributed by atoms with van der Waals surface area (Å²) >= 11 is 0. The zero-order valence-electron chi connectivity index (χ0n) is 12.0. The van der Waals surface area contributed by atoms with Gasteiger partial charge in [0, 0.05) is 12.1 Å². The Balaban J connectivity index is 2.10. The van der Waals surface area contributed by atoms with Crippen LogP contribution in [0.25, 0.3) is 22.1 Å². The van der Waals surface area contributed by atoms with Crippen LogP contribution >= 0.6 is 0 Å². The van der Waals surface area contributed by atoms with Crippen molar-refractivity contribution in [3.63, 3.8) is 0 Å². The second-order valence-electron chi connectivity index (χ2n) is 4.92. The highest BCUT2D eigenvalue weighted by Gasteiger charge is 2.14. The molecule has 0 aliphatic rings. The molecule has 1 heterocycles. The van der Waals surface area contributed by atoms with Crippen molar-refractivity contribution in [2.75, 3.05) is 0 Å². The Bertz CT molecular complexity index is 1090. The standard InChI is InChI=1S/C15H11NO7S/c16-24(20,21)23-10-3-1-8(2-4-10)11-7-22-13-6-9(17)5-12(18)14(13)15(11)19/h1-7,17-18H,(H2,16,20,21). The van der Waals surface area contributed by atoms with Gasteiger partial charge in [-0.2, -0.15) is 13.6 Å². The Hall–Kier alpha value is -3.04. The molecule has 3 rings (SSSR count). The molecule has 0 unspecified atom stereocenters. The van der Waals surface area contributed by atoms with Crippen LogP contribution in [0.3, 0.4) is 0 Å². The van der Waals surface area contributed by atoms with E-state index in [0.717, 1.165) is 6.07 Å². The molecule has 0 atom stereocenters. The molecule has 1 aromatic heterocycles. The van der Waals surface area contributed by atoms with Gasteiger partial charge in [0.15, 0.2) is 0 Å². The summed E-state index contributed by atoms with van der Waals surface area (Å²) in [5, 5.41) is 24.0. The highest BCUT2D eigenvalue weighted by atomic mass is 32.2. The minimum Gasteiger partial charge on any atom is -0.508 e. The Morgan fingerprint density at radius 3 is 2.38 bits per heavy atom. The van der Waals surface area contributed by atoms with Gasteiger partial charge in [-0.25, -0.2) is 0 Å². The smallest absolute Gasteiger partial charge is 0.380 e. The van der Waals surface area contributed by atoms with Crippen LogP contribution in [0.15, 0.2) is 51.9 Å². The third-order valence-electron chi connectivity index (χ3n) is 3.22. The first-order valence-electron chi connectivity index (χ1n) is 6.55. The van der Waals surface area contributed by atoms with Gasteiger partial charge in [-0.1, -0.05) is 12.1 Å². The molecule has 4 N–H and O–H groups in total. The summed E-state index contributed by atoms with van der Waals surface area (Å²) in [6.07, 6.45) is 1.18. The molecule has 0 aliphatic carbocycles. The molecule has 9 heteroatoms. The SMILES string of the molecule is NS(=O)(=O)Oc1ccc(-c2coc3cc(O)cc(O)c3c2=O)cc1. The van der Waals surface area contributed by atoms with Crippen LogP contribution < -0.4 is 14.8 Å². The Kier molecular flexibility index (Phi) is 3.66. The zero-order valence-corrected chi connectivity index (χ0v) is 12.8. The van der Waals surface area contributed by atoms with Crippen LogP contribution in [-0.2, 0) is 10.3 Å². The van der Waals surface area contributed by atoms with Crippen molar-refractivity contribution in [1.82, 2.24) is 0 Å². The Morgan fingerprint density at radius 2 is 1.75 bits per heavy atom. The molecule has 0 aliphatic heterocycles. The van der Waals surface area contributed by atoms with E-state index in [-0.39, 0.29) is 28.0 Å². The molecule has 0 amide bonds. The topological polar surface area (TPSA) is 140 Å². The third kappa shape index (κ3) is 3.03. The van der Waals surface area contributed by atoms with Crippen molar-refractivity contribution in [2.24, 2.45) is 5.14 Å². The van der Waals surface area contributed by atoms with Crippen molar-refractivity contribution in [3.8, 4) is 28.4 Å². The average molecular weight is 349 g/mol. The number of fused-ring (bicyclic) bond motifs is 1. The quantitative estimate of drug-likeness (QED) is 0.650. The predicted octanol–water partition coefficient (Wildman–Crippen LogP) is 1.45. The lowest BCUT2D eigenvalue weighted by Crippen LogP contribution is -2.18. The van der Waals surface area contributed by atoms with Gasteiger partial charge in [0.1, 0.15) is 34.5 Å². The first-order chi connectivity index (χ1) is 11.2. The lowest BCUT2D eigenvalue weighted by molar-refractivity contribution is 0.452. The number of phenols is 2. The van der Waals surface area contributed by atoms with E-state index in [4.69, 9.17) is 9.56 Å². The first kappa shape index (κ1) is 15.8. The summed E-state index contributed by atoms with van der Waals surface area (Å²) in [6.45, 7) is 0. The van der Waals surface area contributed by atoms with Crippen LogP contribution in [0.4, 0.5) is 0 Å². The highest BCUT2D eigenvalue weighted by molar-refractivity contribution is 7.84. The number of nitrogens with two attached hydrogens (primary N) is 1. The maximum atomic E-state index is 12.5. The maximum Gasteiger partial charge on any atom is 0.380 e. The Morgan fingerprint density at radius 1 is 1.08 bits per heavy atom. The Labute approximate surface area is 135 Å². The van der Waals surface area contributed by atoms with E-state index in [1.54, 1.807) is 0 Å². The van der Waals surface area contributed by atoms with Crippen LogP contribution in [-0.4, -0.2) is 18.6 Å². The second-order valence-corrected chi connectivity index (χ2v) is 6.07. The molecular weight excluding hydrogens is 338 g/mol. The number of rotatable bonds is 3. The van der Waals surface area contributed by atoms with E-state index in [1.165, 1.54) is 36.6 Å². The fraction of sp³-hybridized carbons (Fsp3) is 0. The minimum atomic E-state index is -4.14. The van der Waals surface area contributed by atoms with Gasteiger partial charge in [0.05, 0.1) is 5.56 Å². The summed E-state index contributed by atoms with van der Waals surface area (Å²) in [6, 6.07) is 7.77. The summed E-state index contributed by atoms with van der Waals surface area (Å²) in [5.41, 5.74) is 0.0924. The van der Waals surface area contributed by atoms with Crippen molar-refractivity contribution in [3.05, 3.63) is 52.9 Å². The predicted molar refractivity (Wildman–Crippen MR) is 85.0 cm³/mol. The van der Waals surface area contributed by atoms with Crippen LogP contribution in [0.5, 0.6) is 17.2 Å². The van der Waals surface area contributed by atoms with E-state index in [2.05, 4.69) is 4.18 Å². The van der Waals surface area contributed by atoms with Crippen molar-refractivity contribution in [1.29, 1.82) is 0 Å². The normalized spacial score (nSPS) is 11.5. The van der Waals surface area contributed by atoms with Gasteiger partial charge in [0.25, 0.3) is 0 Å². The van der Waals surface area contributed by atoms with Gasteiger partial charge in [-0.15, -0.1) is 0 Å². The van der Waals surface area contributed by atoms with E-state index >= 15 is 0 Å². The van der Waals surface area contributed by atoms with Crippen LogP contribution in [0.1, 0.15) is 0 Å². The molecule has 124 valence electrons. The summed E-state index contributed by atoms with van der Waals surface area (Å²) < 4.78 is 31.5. The summed E-state index contributed by atoms with van der Waals surface area (Å²) in [7, 11) is -4.14. The molecule has 8 nitrogen and oxygen atoms in total. The van der Waals surface area contributed by atoms with Crippen molar-refractivity contribution >= 4 is 21.3 Å². The zero-order chi connectivity index (χ0) is 17.5. The molecule has 0 spiro atoms. The van der Waals surface area contributed by atoms with E-state index in [0.29, 0.717) is 5.56 Å². The van der Waals surface area contributed by atoms with Gasteiger partial charge < -0.3 is 18.8 Å². The lowest BCUT2D eigenvalue weighted by Gasteiger charge is -2.06. The average Bonchev–Trinajstić information content (AvgIpc) is 2.46. The number of aromatic hydroxyl groups is 2. The van der Waals surface area contributed by atoms with E-state index in [1.807, 2.05) is 0 Å². The van der Waals surface area contributed by atoms with Gasteiger partial charge in [-0.05, 0) is 17.7 Å². The first-order valence-corrected chi connectivity index (χ1v) is 8.02. The minimum absolute atomic E-state index is 0.0146. The fourth-order valence-electron chi connectivity index (χ4n) is 2.24. The van der Waals surface area contributed by atoms with E-state index < -0.39 is 21.5 Å². The van der Waals surface area contributed by atoms with Crippen LogP contribution in [0.2, 0.25) is 0 Å². The number of hydrogen-bond donors (Lipinski definition) is 3. The highest BCUT2D eigenvalue weighted by Crippen LogP contribution is 2.30. The third-order valence-corrected chi connectivity index (χ3v) is 3.64. The number of phenolic OH excluding ortho intramolecular Hbond substituents is 2. The second kappa shape index (κ2) is 5.55. The molecule has 0 bridgehead atoms. The van der Waals surface area contributed by atoms with Gasteiger partial charge >= 0.3 is 10.3 Å². The molecule has 0 fully saturated rings. The maximum absolute atomic E-state index is 12.5. The monoisotopic (exact) mass is 349 g/mol. The van der Waals surface area contributed by atoms with Gasteiger partial charge in [-0.3, -0.25) is 4.79 Å². The molecule has 0 saturated heterocycles. The summed E-state index contributed by atoms with van der Waals surface area (Å²) in [5.74, 6) is -0.658. The molecule has 0 radical (unpaired) electrons. The fourth-order valence-corrected chi connectivity index (χ4v) is 2.62. The van der Waals surface area contributed by atoms with Crippen molar-refractivity contribution < 1.29 is 27.2 Å². The van der Waals surface area contributed by atoms with E-state index in [9.17, 15) is 23.4 Å². The largest absolute Gasteiger partial charge is 0.508 e. The van der Waals surface area contributed by atoms with Crippen LogP contribution in [0, 0.1) is 0 Å². The lowest BCUT2D eigenvalue weighted by atomic mass is 10.0. The molecule has 0 saturated carbocycles. The van der Waals surface area contributed by atoms with Crippen molar-refractivity contribution in [2.45, 2.75) is 0 Å². The number of hydrogen-bond acceptors (Lipinski definition) is 7.